The van der Waals surface area contributed by atoms with E-state index in [4.69, 9.17) is 0 Å². The molecule has 0 saturated heterocycles. The van der Waals surface area contributed by atoms with E-state index in [1.807, 2.05) is 0 Å². The van der Waals surface area contributed by atoms with Gasteiger partial charge in [-0.05, 0) is 0 Å². The summed E-state index contributed by atoms with van der Waals surface area (Å²) in [6, 6.07) is 4.46. The summed E-state index contributed by atoms with van der Waals surface area (Å²) >= 11 is 0. The first-order valence-corrected chi connectivity index (χ1v) is 7.30. The van der Waals surface area contributed by atoms with Crippen molar-refractivity contribution in [1.82, 2.24) is 0 Å². The third kappa shape index (κ3) is 24.7. The van der Waals surface area contributed by atoms with Crippen LogP contribution in [0.5, 0.6) is 0 Å². The van der Waals surface area contributed by atoms with Gasteiger partial charge >= 0.3 is 0 Å². The summed E-state index contributed by atoms with van der Waals surface area (Å²) in [7, 11) is 0.126. The molecule has 0 atom stereocenters. The SMILES string of the molecule is CCC[Si](CC)CC.C[C-](C)C.[La]. The van der Waals surface area contributed by atoms with E-state index >= 15 is 0 Å². The van der Waals surface area contributed by atoms with Crippen molar-refractivity contribution in [3.05, 3.63) is 5.92 Å². The van der Waals surface area contributed by atoms with Crippen LogP contribution in [0.25, 0.3) is 0 Å². The van der Waals surface area contributed by atoms with Crippen LogP contribution in [0.4, 0.5) is 0 Å². The van der Waals surface area contributed by atoms with E-state index in [0.717, 1.165) is 0 Å². The third-order valence-electron chi connectivity index (χ3n) is 1.60. The summed E-state index contributed by atoms with van der Waals surface area (Å²) in [4.78, 5) is 0. The Bertz CT molecular complexity index is 67.7. The van der Waals surface area contributed by atoms with Crippen LogP contribution in [0.1, 0.15) is 48.0 Å². The van der Waals surface area contributed by atoms with Gasteiger partial charge in [0, 0.05) is 44.4 Å². The third-order valence-corrected chi connectivity index (χ3v) is 4.81. The molecule has 0 bridgehead atoms. The molecule has 0 unspecified atom stereocenters. The monoisotopic (exact) mass is 325 g/mol. The Morgan fingerprint density at radius 1 is 0.923 bits per heavy atom. The molecule has 0 amide bonds. The molecular weight excluding hydrogens is 299 g/mol. The van der Waals surface area contributed by atoms with Gasteiger partial charge < -0.3 is 5.92 Å². The van der Waals surface area contributed by atoms with E-state index in [-0.39, 0.29) is 44.4 Å². The normalized spacial score (nSPS) is 9.23. The zero-order valence-electron chi connectivity index (χ0n) is 10.4. The van der Waals surface area contributed by atoms with E-state index in [2.05, 4.69) is 41.5 Å². The van der Waals surface area contributed by atoms with Crippen LogP contribution in [0, 0.1) is 41.5 Å². The van der Waals surface area contributed by atoms with Gasteiger partial charge in [-0.15, -0.1) is 0 Å². The molecule has 0 aliphatic carbocycles. The van der Waals surface area contributed by atoms with Crippen molar-refractivity contribution < 1.29 is 35.6 Å². The van der Waals surface area contributed by atoms with Crippen molar-refractivity contribution in [2.75, 3.05) is 0 Å². The van der Waals surface area contributed by atoms with E-state index < -0.39 is 0 Å². The minimum atomic E-state index is 0. The van der Waals surface area contributed by atoms with Gasteiger partial charge in [-0.25, -0.2) is 0 Å². The molecule has 0 aromatic carbocycles. The zero-order chi connectivity index (χ0) is 9.98. The summed E-state index contributed by atoms with van der Waals surface area (Å²) < 4.78 is 0. The molecule has 0 aromatic rings. The molecule has 13 heavy (non-hydrogen) atoms. The fraction of sp³-hybridized carbons (Fsp3) is 0.909. The summed E-state index contributed by atoms with van der Waals surface area (Å²) in [6.45, 7) is 13.2. The molecule has 2 heteroatoms. The number of hydrogen-bond donors (Lipinski definition) is 0. The van der Waals surface area contributed by atoms with Crippen molar-refractivity contribution in [3.8, 4) is 0 Å². The second-order valence-electron chi connectivity index (χ2n) is 3.71. The molecule has 0 rings (SSSR count). The van der Waals surface area contributed by atoms with Crippen molar-refractivity contribution >= 4 is 8.80 Å². The maximum Gasteiger partial charge on any atom is 0.0473 e. The van der Waals surface area contributed by atoms with Gasteiger partial charge in [0.15, 0.2) is 0 Å². The smallest absolute Gasteiger partial charge is 0.0473 e. The first-order chi connectivity index (χ1) is 5.58. The van der Waals surface area contributed by atoms with Gasteiger partial charge in [0.2, 0.25) is 0 Å². The fourth-order valence-corrected chi connectivity index (χ4v) is 2.87. The van der Waals surface area contributed by atoms with Gasteiger partial charge in [0.25, 0.3) is 0 Å². The molecule has 0 heterocycles. The van der Waals surface area contributed by atoms with Crippen LogP contribution < -0.4 is 0 Å². The van der Waals surface area contributed by atoms with Crippen LogP contribution >= 0.6 is 0 Å². The maximum atomic E-state index is 2.33. The van der Waals surface area contributed by atoms with Crippen molar-refractivity contribution in [3.63, 3.8) is 0 Å². The zero-order valence-corrected chi connectivity index (χ0v) is 15.0. The second-order valence-corrected chi connectivity index (χ2v) is 7.12. The molecule has 0 saturated carbocycles. The van der Waals surface area contributed by atoms with E-state index in [1.54, 1.807) is 0 Å². The summed E-state index contributed by atoms with van der Waals surface area (Å²) in [6.07, 6.45) is 1.40. The predicted octanol–water partition coefficient (Wildman–Crippen LogP) is 4.55. The number of rotatable bonds is 4. The molecule has 78 valence electrons. The van der Waals surface area contributed by atoms with Crippen molar-refractivity contribution in [2.24, 2.45) is 0 Å². The predicted molar refractivity (Wildman–Crippen MR) is 62.1 cm³/mol. The maximum absolute atomic E-state index is 2.33. The molecule has 0 spiro atoms. The van der Waals surface area contributed by atoms with E-state index in [9.17, 15) is 0 Å². The molecule has 0 aliphatic heterocycles. The average molecular weight is 325 g/mol. The van der Waals surface area contributed by atoms with Gasteiger partial charge in [0.05, 0.1) is 0 Å². The molecule has 0 nitrogen and oxygen atoms in total. The summed E-state index contributed by atoms with van der Waals surface area (Å²) in [5.74, 6) is 1.42. The van der Waals surface area contributed by atoms with Gasteiger partial charge in [-0.3, -0.25) is 0 Å². The Morgan fingerprint density at radius 2 is 1.23 bits per heavy atom. The Morgan fingerprint density at radius 3 is 1.31 bits per heavy atom. The van der Waals surface area contributed by atoms with Crippen molar-refractivity contribution in [1.29, 1.82) is 0 Å². The minimum Gasteiger partial charge on any atom is -0.323 e. The molecule has 0 aliphatic rings. The van der Waals surface area contributed by atoms with Gasteiger partial charge in [-0.2, -0.15) is 20.8 Å². The topological polar surface area (TPSA) is 0 Å². The first kappa shape index (κ1) is 19.9. The second kappa shape index (κ2) is 15.9. The summed E-state index contributed by atoms with van der Waals surface area (Å²) in [5.41, 5.74) is 0. The molecule has 2 radical (unpaired) electrons. The first-order valence-electron chi connectivity index (χ1n) is 5.18. The molecular formula is C11H26LaSi-. The summed E-state index contributed by atoms with van der Waals surface area (Å²) in [5, 5.41) is 0. The molecule has 0 N–H and O–H groups in total. The van der Waals surface area contributed by atoms with Crippen molar-refractivity contribution in [2.45, 2.75) is 66.1 Å². The largest absolute Gasteiger partial charge is 0.323 e. The van der Waals surface area contributed by atoms with Crippen LogP contribution in [-0.4, -0.2) is 8.80 Å². The van der Waals surface area contributed by atoms with Crippen LogP contribution in [0.3, 0.4) is 0 Å². The Balaban J connectivity index is -0.000000173. The van der Waals surface area contributed by atoms with Crippen LogP contribution in [0.2, 0.25) is 18.1 Å². The minimum absolute atomic E-state index is 0. The van der Waals surface area contributed by atoms with Gasteiger partial charge in [-0.1, -0.05) is 45.3 Å². The van der Waals surface area contributed by atoms with Crippen LogP contribution in [0.15, 0.2) is 0 Å². The Hall–Kier alpha value is 1.41. The standard InChI is InChI=1S/C7H17Si.C4H9.La/c1-4-7-8(5-2)6-3;1-4(2)3;/h4-7H2,1-3H3;1-3H3;/q;-1;. The van der Waals surface area contributed by atoms with Gasteiger partial charge in [0.1, 0.15) is 0 Å². The molecule has 0 fully saturated rings. The average Bonchev–Trinajstić information content (AvgIpc) is 1.99. The Kier molecular flexibility index (Phi) is 24.3. The molecule has 0 aromatic heterocycles. The van der Waals surface area contributed by atoms with E-state index in [1.165, 1.54) is 30.5 Å². The number of hydrogen-bond acceptors (Lipinski definition) is 0. The Labute approximate surface area is 115 Å². The van der Waals surface area contributed by atoms with E-state index in [0.29, 0.717) is 0 Å². The fourth-order valence-electron chi connectivity index (χ4n) is 0.957. The van der Waals surface area contributed by atoms with Crippen LogP contribution in [-0.2, 0) is 0 Å². The quantitative estimate of drug-likeness (QED) is 0.525.